The number of primary amides is 1. The molecule has 7 nitrogen and oxygen atoms in total. The van der Waals surface area contributed by atoms with E-state index in [-0.39, 0.29) is 27.4 Å². The number of imide groups is 1. The van der Waals surface area contributed by atoms with Crippen LogP contribution in [0.25, 0.3) is 0 Å². The number of carbonyl (C=O) groups is 4. The van der Waals surface area contributed by atoms with E-state index >= 15 is 0 Å². The minimum absolute atomic E-state index is 0.0269. The van der Waals surface area contributed by atoms with E-state index in [1.165, 1.54) is 25.1 Å². The van der Waals surface area contributed by atoms with Crippen LogP contribution in [0.1, 0.15) is 38.0 Å². The fraction of sp³-hybridized carbons (Fsp3) is 0.111. The van der Waals surface area contributed by atoms with Crippen molar-refractivity contribution in [3.63, 3.8) is 0 Å². The normalized spacial score (nSPS) is 14.2. The van der Waals surface area contributed by atoms with Gasteiger partial charge in [-0.25, -0.2) is 9.69 Å². The zero-order valence-electron chi connectivity index (χ0n) is 13.6. The number of nitrogens with two attached hydrogens (primary N) is 1. The molecule has 2 aromatic carbocycles. The van der Waals surface area contributed by atoms with E-state index in [0.29, 0.717) is 0 Å². The van der Waals surface area contributed by atoms with Crippen molar-refractivity contribution in [2.45, 2.75) is 13.0 Å². The number of halogens is 1. The maximum Gasteiger partial charge on any atom is 0.338 e. The van der Waals surface area contributed by atoms with Crippen LogP contribution >= 0.6 is 11.6 Å². The van der Waals surface area contributed by atoms with Gasteiger partial charge >= 0.3 is 5.97 Å². The highest BCUT2D eigenvalue weighted by Crippen LogP contribution is 2.33. The summed E-state index contributed by atoms with van der Waals surface area (Å²) in [6, 6.07) is 10.4. The smallest absolute Gasteiger partial charge is 0.338 e. The highest BCUT2D eigenvalue weighted by Gasteiger charge is 2.38. The highest BCUT2D eigenvalue weighted by atomic mass is 35.5. The molecule has 3 amide bonds. The van der Waals surface area contributed by atoms with Crippen molar-refractivity contribution in [2.75, 3.05) is 4.90 Å². The fourth-order valence-corrected chi connectivity index (χ4v) is 2.73. The zero-order chi connectivity index (χ0) is 19.0. The maximum absolute atomic E-state index is 12.7. The second-order valence-electron chi connectivity index (χ2n) is 5.61. The Morgan fingerprint density at radius 2 is 1.73 bits per heavy atom. The molecule has 132 valence electrons. The van der Waals surface area contributed by atoms with Crippen molar-refractivity contribution < 1.29 is 23.9 Å². The summed E-state index contributed by atoms with van der Waals surface area (Å²) in [5.74, 6) is -2.76. The van der Waals surface area contributed by atoms with Crippen molar-refractivity contribution >= 4 is 41.0 Å². The van der Waals surface area contributed by atoms with Gasteiger partial charge in [-0.1, -0.05) is 23.7 Å². The minimum atomic E-state index is -1.12. The number of esters is 1. The third-order valence-electron chi connectivity index (χ3n) is 3.90. The predicted octanol–water partition coefficient (Wildman–Crippen LogP) is 2.17. The SMILES string of the molecule is C[C@H](OC(=O)c1ccc2c(c1)C(=O)N(c1ccccc1Cl)C2=O)C(N)=O. The fourth-order valence-electron chi connectivity index (χ4n) is 2.51. The summed E-state index contributed by atoms with van der Waals surface area (Å²) in [5, 5.41) is 0.247. The number of para-hydroxylation sites is 1. The molecular formula is C18H13ClN2O5. The quantitative estimate of drug-likeness (QED) is 0.653. The largest absolute Gasteiger partial charge is 0.449 e. The molecule has 8 heteroatoms. The number of anilines is 1. The van der Waals surface area contributed by atoms with Crippen LogP contribution in [0, 0.1) is 0 Å². The molecule has 0 fully saturated rings. The Morgan fingerprint density at radius 3 is 2.38 bits per heavy atom. The van der Waals surface area contributed by atoms with Gasteiger partial charge in [0, 0.05) is 0 Å². The maximum atomic E-state index is 12.7. The second-order valence-corrected chi connectivity index (χ2v) is 6.01. The lowest BCUT2D eigenvalue weighted by molar-refractivity contribution is -0.125. The van der Waals surface area contributed by atoms with Gasteiger partial charge in [0.25, 0.3) is 17.7 Å². The second kappa shape index (κ2) is 6.61. The van der Waals surface area contributed by atoms with Gasteiger partial charge in [0.2, 0.25) is 0 Å². The standard InChI is InChI=1S/C18H13ClN2O5/c1-9(15(20)22)26-18(25)10-6-7-11-12(8-10)17(24)21(16(11)23)14-5-3-2-4-13(14)19/h2-9H,1H3,(H2,20,22)/t9-/m0/s1. The Bertz CT molecular complexity index is 956. The van der Waals surface area contributed by atoms with Crippen molar-refractivity contribution in [1.82, 2.24) is 0 Å². The van der Waals surface area contributed by atoms with E-state index in [1.807, 2.05) is 0 Å². The van der Waals surface area contributed by atoms with Gasteiger partial charge in [-0.3, -0.25) is 14.4 Å². The van der Waals surface area contributed by atoms with Gasteiger partial charge in [-0.15, -0.1) is 0 Å². The molecule has 0 saturated carbocycles. The van der Waals surface area contributed by atoms with Gasteiger partial charge in [-0.05, 0) is 37.3 Å². The third-order valence-corrected chi connectivity index (χ3v) is 4.22. The number of amides is 3. The monoisotopic (exact) mass is 372 g/mol. The van der Waals surface area contributed by atoms with Crippen LogP contribution in [0.3, 0.4) is 0 Å². The number of rotatable bonds is 4. The van der Waals surface area contributed by atoms with E-state index in [1.54, 1.807) is 24.3 Å². The Kier molecular flexibility index (Phi) is 4.48. The summed E-state index contributed by atoms with van der Waals surface area (Å²) < 4.78 is 4.91. The van der Waals surface area contributed by atoms with Crippen LogP contribution in [0.5, 0.6) is 0 Å². The summed E-state index contributed by atoms with van der Waals surface area (Å²) in [6.45, 7) is 1.33. The van der Waals surface area contributed by atoms with Crippen LogP contribution in [-0.4, -0.2) is 29.8 Å². The molecule has 2 aromatic rings. The molecule has 0 saturated heterocycles. The summed E-state index contributed by atoms with van der Waals surface area (Å²) in [6.07, 6.45) is -1.12. The van der Waals surface area contributed by atoms with Crippen molar-refractivity contribution in [3.05, 3.63) is 64.2 Å². The topological polar surface area (TPSA) is 107 Å². The summed E-state index contributed by atoms with van der Waals surface area (Å²) in [5.41, 5.74) is 5.54. The summed E-state index contributed by atoms with van der Waals surface area (Å²) in [7, 11) is 0. The van der Waals surface area contributed by atoms with Gasteiger partial charge < -0.3 is 10.5 Å². The average Bonchev–Trinajstić information content (AvgIpc) is 2.86. The van der Waals surface area contributed by atoms with Gasteiger partial charge in [0.15, 0.2) is 6.10 Å². The Hall–Kier alpha value is -3.19. The predicted molar refractivity (Wildman–Crippen MR) is 93.1 cm³/mol. The lowest BCUT2D eigenvalue weighted by atomic mass is 10.1. The van der Waals surface area contributed by atoms with E-state index < -0.39 is 29.8 Å². The van der Waals surface area contributed by atoms with Crippen LogP contribution in [0.2, 0.25) is 5.02 Å². The number of carbonyl (C=O) groups excluding carboxylic acids is 4. The van der Waals surface area contributed by atoms with Gasteiger partial charge in [0.1, 0.15) is 0 Å². The van der Waals surface area contributed by atoms with E-state index in [9.17, 15) is 19.2 Å². The van der Waals surface area contributed by atoms with Crippen molar-refractivity contribution in [2.24, 2.45) is 5.73 Å². The van der Waals surface area contributed by atoms with Gasteiger partial charge in [-0.2, -0.15) is 0 Å². The average molecular weight is 373 g/mol. The van der Waals surface area contributed by atoms with Crippen LogP contribution in [0.4, 0.5) is 5.69 Å². The first kappa shape index (κ1) is 17.6. The first-order valence-electron chi connectivity index (χ1n) is 7.59. The number of hydrogen-bond donors (Lipinski definition) is 1. The summed E-state index contributed by atoms with van der Waals surface area (Å²) >= 11 is 6.08. The molecule has 1 aliphatic rings. The van der Waals surface area contributed by atoms with Gasteiger partial charge in [0.05, 0.1) is 27.4 Å². The molecule has 0 spiro atoms. The number of hydrogen-bond acceptors (Lipinski definition) is 5. The third kappa shape index (κ3) is 2.93. The molecule has 0 radical (unpaired) electrons. The number of fused-ring (bicyclic) bond motifs is 1. The molecule has 26 heavy (non-hydrogen) atoms. The van der Waals surface area contributed by atoms with E-state index in [4.69, 9.17) is 22.1 Å². The lowest BCUT2D eigenvalue weighted by Gasteiger charge is -2.15. The molecular weight excluding hydrogens is 360 g/mol. The van der Waals surface area contributed by atoms with E-state index in [2.05, 4.69) is 0 Å². The van der Waals surface area contributed by atoms with Crippen molar-refractivity contribution in [3.8, 4) is 0 Å². The summed E-state index contributed by atoms with van der Waals surface area (Å²) in [4.78, 5) is 49.3. The molecule has 0 aliphatic carbocycles. The van der Waals surface area contributed by atoms with Crippen LogP contribution in [-0.2, 0) is 9.53 Å². The molecule has 1 aliphatic heterocycles. The lowest BCUT2D eigenvalue weighted by Crippen LogP contribution is -2.30. The zero-order valence-corrected chi connectivity index (χ0v) is 14.3. The number of benzene rings is 2. The number of nitrogens with zero attached hydrogens (tertiary/aromatic N) is 1. The highest BCUT2D eigenvalue weighted by molar-refractivity contribution is 6.39. The Balaban J connectivity index is 1.95. The number of ether oxygens (including phenoxy) is 1. The first-order valence-corrected chi connectivity index (χ1v) is 7.96. The minimum Gasteiger partial charge on any atom is -0.449 e. The van der Waals surface area contributed by atoms with E-state index in [0.717, 1.165) is 4.90 Å². The molecule has 0 aromatic heterocycles. The molecule has 3 rings (SSSR count). The Labute approximate surface area is 153 Å². The Morgan fingerprint density at radius 1 is 1.08 bits per heavy atom. The van der Waals surface area contributed by atoms with Crippen molar-refractivity contribution in [1.29, 1.82) is 0 Å². The van der Waals surface area contributed by atoms with Crippen LogP contribution < -0.4 is 10.6 Å². The molecule has 0 bridgehead atoms. The molecule has 2 N–H and O–H groups in total. The molecule has 1 atom stereocenters. The van der Waals surface area contributed by atoms with Crippen LogP contribution in [0.15, 0.2) is 42.5 Å². The first-order chi connectivity index (χ1) is 12.3. The molecule has 0 unspecified atom stereocenters. The molecule has 1 heterocycles.